The minimum absolute atomic E-state index is 0.0162. The fourth-order valence-corrected chi connectivity index (χ4v) is 2.54. The van der Waals surface area contributed by atoms with Crippen molar-refractivity contribution in [3.8, 4) is 0 Å². The lowest BCUT2D eigenvalue weighted by atomic mass is 10.1. The van der Waals surface area contributed by atoms with Gasteiger partial charge >= 0.3 is 11.9 Å². The number of esters is 2. The van der Waals surface area contributed by atoms with Crippen molar-refractivity contribution in [2.75, 3.05) is 13.2 Å². The maximum atomic E-state index is 11.8. The first-order valence-corrected chi connectivity index (χ1v) is 10.1. The fraction of sp³-hybridized carbons (Fsp3) is 0.167. The normalized spacial score (nSPS) is 10.2. The van der Waals surface area contributed by atoms with E-state index in [9.17, 15) is 28.8 Å². The number of benzene rings is 2. The molecule has 2 rings (SSSR count). The molecule has 10 nitrogen and oxygen atoms in total. The third-order valence-corrected chi connectivity index (χ3v) is 4.02. The number of hydrogen-bond donors (Lipinski definition) is 2. The number of rotatable bonds is 10. The Bertz CT molecular complexity index is 979. The maximum Gasteiger partial charge on any atom is 0.331 e. The molecule has 2 aromatic carbocycles. The Morgan fingerprint density at radius 2 is 0.912 bits per heavy atom. The molecule has 34 heavy (non-hydrogen) atoms. The van der Waals surface area contributed by atoms with E-state index in [1.165, 1.54) is 0 Å². The minimum Gasteiger partial charge on any atom is -0.452 e. The van der Waals surface area contributed by atoms with Gasteiger partial charge < -0.3 is 9.47 Å². The third kappa shape index (κ3) is 10.6. The van der Waals surface area contributed by atoms with Gasteiger partial charge in [0.25, 0.3) is 11.8 Å². The summed E-state index contributed by atoms with van der Waals surface area (Å²) >= 11 is 0. The lowest BCUT2D eigenvalue weighted by Gasteiger charge is -2.05. The Hall–Kier alpha value is -4.60. The van der Waals surface area contributed by atoms with E-state index in [1.807, 2.05) is 0 Å². The lowest BCUT2D eigenvalue weighted by molar-refractivity contribution is -0.146. The Morgan fingerprint density at radius 3 is 1.26 bits per heavy atom. The molecule has 0 fully saturated rings. The Labute approximate surface area is 194 Å². The molecule has 2 aromatic rings. The van der Waals surface area contributed by atoms with Crippen LogP contribution in [-0.2, 0) is 51.1 Å². The number of hydrogen-bond acceptors (Lipinski definition) is 8. The summed E-state index contributed by atoms with van der Waals surface area (Å²) in [7, 11) is 0. The Kier molecular flexibility index (Phi) is 10.4. The third-order valence-electron chi connectivity index (χ3n) is 4.02. The predicted octanol–water partition coefficient (Wildman–Crippen LogP) is 0.400. The van der Waals surface area contributed by atoms with E-state index < -0.39 is 48.8 Å². The average Bonchev–Trinajstić information content (AvgIpc) is 2.81. The first kappa shape index (κ1) is 25.7. The predicted molar refractivity (Wildman–Crippen MR) is 118 cm³/mol. The van der Waals surface area contributed by atoms with Gasteiger partial charge in [0.1, 0.15) is 0 Å². The molecular weight excluding hydrogens is 444 g/mol. The first-order valence-electron chi connectivity index (χ1n) is 10.1. The molecule has 0 heterocycles. The Morgan fingerprint density at radius 1 is 0.559 bits per heavy atom. The molecule has 0 saturated heterocycles. The molecule has 0 aliphatic rings. The van der Waals surface area contributed by atoms with Crippen LogP contribution in [0.3, 0.4) is 0 Å². The maximum absolute atomic E-state index is 11.8. The van der Waals surface area contributed by atoms with Gasteiger partial charge in [-0.05, 0) is 11.1 Å². The zero-order chi connectivity index (χ0) is 24.8. The van der Waals surface area contributed by atoms with E-state index >= 15 is 0 Å². The van der Waals surface area contributed by atoms with Crippen LogP contribution in [0.25, 0.3) is 0 Å². The molecule has 0 radical (unpaired) electrons. The minimum atomic E-state index is -1.04. The standard InChI is InChI=1S/C24H22N2O8/c27-19(13-17-7-3-1-4-8-17)25-21(29)15-33-23(31)11-12-24(32)34-16-22(30)26-20(28)14-18-9-5-2-6-10-18/h1-12H,13-16H2,(H,25,27,29)(H,26,28,30). The van der Waals surface area contributed by atoms with Gasteiger partial charge in [-0.3, -0.25) is 29.8 Å². The molecule has 0 saturated carbocycles. The van der Waals surface area contributed by atoms with Crippen LogP contribution in [0.1, 0.15) is 11.1 Å². The second-order valence-electron chi connectivity index (χ2n) is 6.82. The number of amides is 4. The lowest BCUT2D eigenvalue weighted by Crippen LogP contribution is -2.35. The molecule has 0 aliphatic heterocycles. The first-order chi connectivity index (χ1) is 16.3. The number of nitrogens with one attached hydrogen (secondary N) is 2. The zero-order valence-corrected chi connectivity index (χ0v) is 18.0. The van der Waals surface area contributed by atoms with Crippen LogP contribution in [0.4, 0.5) is 0 Å². The molecule has 4 amide bonds. The van der Waals surface area contributed by atoms with Crippen molar-refractivity contribution in [1.82, 2.24) is 10.6 Å². The van der Waals surface area contributed by atoms with Crippen molar-refractivity contribution in [3.05, 3.63) is 83.9 Å². The van der Waals surface area contributed by atoms with Crippen LogP contribution in [0.2, 0.25) is 0 Å². The van der Waals surface area contributed by atoms with E-state index in [0.29, 0.717) is 23.3 Å². The SMILES string of the molecule is O=C(COC(=O)C=CC(=O)OCC(=O)NC(=O)Cc1ccccc1)NC(=O)Cc1ccccc1. The highest BCUT2D eigenvalue weighted by Gasteiger charge is 2.12. The van der Waals surface area contributed by atoms with Gasteiger partial charge in [-0.2, -0.15) is 0 Å². The highest BCUT2D eigenvalue weighted by atomic mass is 16.5. The quantitative estimate of drug-likeness (QED) is 0.378. The van der Waals surface area contributed by atoms with Gasteiger partial charge in [-0.1, -0.05) is 60.7 Å². The number of carbonyl (C=O) groups excluding carboxylic acids is 6. The Balaban J connectivity index is 1.61. The molecular formula is C24H22N2O8. The molecule has 0 unspecified atom stereocenters. The van der Waals surface area contributed by atoms with Crippen molar-refractivity contribution >= 4 is 35.6 Å². The van der Waals surface area contributed by atoms with E-state index in [2.05, 4.69) is 20.1 Å². The highest BCUT2D eigenvalue weighted by Crippen LogP contribution is 2.00. The topological polar surface area (TPSA) is 145 Å². The molecule has 0 atom stereocenters. The smallest absolute Gasteiger partial charge is 0.331 e. The fourth-order valence-electron chi connectivity index (χ4n) is 2.54. The molecule has 2 N–H and O–H groups in total. The van der Waals surface area contributed by atoms with Crippen LogP contribution in [-0.4, -0.2) is 48.8 Å². The monoisotopic (exact) mass is 466 g/mol. The molecule has 176 valence electrons. The van der Waals surface area contributed by atoms with Crippen LogP contribution in [0.15, 0.2) is 72.8 Å². The van der Waals surface area contributed by atoms with Gasteiger partial charge in [-0.15, -0.1) is 0 Å². The second kappa shape index (κ2) is 13.7. The molecule has 0 bridgehead atoms. The van der Waals surface area contributed by atoms with Gasteiger partial charge in [0.05, 0.1) is 12.8 Å². The number of carbonyl (C=O) groups is 6. The number of imide groups is 2. The molecule has 0 aromatic heterocycles. The van der Waals surface area contributed by atoms with Crippen LogP contribution in [0.5, 0.6) is 0 Å². The van der Waals surface area contributed by atoms with E-state index in [0.717, 1.165) is 0 Å². The molecule has 0 aliphatic carbocycles. The van der Waals surface area contributed by atoms with Gasteiger partial charge in [0.2, 0.25) is 11.8 Å². The largest absolute Gasteiger partial charge is 0.452 e. The van der Waals surface area contributed by atoms with Crippen LogP contribution in [0, 0.1) is 0 Å². The van der Waals surface area contributed by atoms with Gasteiger partial charge in [0, 0.05) is 12.2 Å². The highest BCUT2D eigenvalue weighted by molar-refractivity contribution is 5.99. The van der Waals surface area contributed by atoms with Crippen molar-refractivity contribution in [1.29, 1.82) is 0 Å². The summed E-state index contributed by atoms with van der Waals surface area (Å²) in [6.07, 6.45) is 1.36. The molecule has 0 spiro atoms. The van der Waals surface area contributed by atoms with Crippen LogP contribution < -0.4 is 10.6 Å². The summed E-state index contributed by atoms with van der Waals surface area (Å²) in [6.45, 7) is -1.46. The summed E-state index contributed by atoms with van der Waals surface area (Å²) in [5.41, 5.74) is 1.42. The van der Waals surface area contributed by atoms with Crippen molar-refractivity contribution in [2.24, 2.45) is 0 Å². The number of ether oxygens (including phenoxy) is 2. The van der Waals surface area contributed by atoms with E-state index in [4.69, 9.17) is 0 Å². The summed E-state index contributed by atoms with van der Waals surface area (Å²) in [4.78, 5) is 70.0. The van der Waals surface area contributed by atoms with Gasteiger partial charge in [-0.25, -0.2) is 9.59 Å². The van der Waals surface area contributed by atoms with Crippen molar-refractivity contribution in [3.63, 3.8) is 0 Å². The summed E-state index contributed by atoms with van der Waals surface area (Å²) < 4.78 is 9.24. The van der Waals surface area contributed by atoms with Gasteiger partial charge in [0.15, 0.2) is 13.2 Å². The van der Waals surface area contributed by atoms with E-state index in [1.54, 1.807) is 60.7 Å². The second-order valence-corrected chi connectivity index (χ2v) is 6.82. The molecule has 10 heteroatoms. The zero-order valence-electron chi connectivity index (χ0n) is 18.0. The van der Waals surface area contributed by atoms with Crippen molar-refractivity contribution < 1.29 is 38.2 Å². The summed E-state index contributed by atoms with van der Waals surface area (Å²) in [6, 6.07) is 17.5. The summed E-state index contributed by atoms with van der Waals surface area (Å²) in [5, 5.41) is 4.14. The average molecular weight is 466 g/mol. The van der Waals surface area contributed by atoms with E-state index in [-0.39, 0.29) is 12.8 Å². The van der Waals surface area contributed by atoms with Crippen molar-refractivity contribution in [2.45, 2.75) is 12.8 Å². The summed E-state index contributed by atoms with van der Waals surface area (Å²) in [5.74, 6) is -4.86. The van der Waals surface area contributed by atoms with Crippen LogP contribution >= 0.6 is 0 Å².